The molecule has 0 saturated carbocycles. The molecular formula is C18H18ClN3O2S2. The van der Waals surface area contributed by atoms with E-state index in [0.29, 0.717) is 21.3 Å². The summed E-state index contributed by atoms with van der Waals surface area (Å²) in [6, 6.07) is 7.12. The van der Waals surface area contributed by atoms with Gasteiger partial charge in [-0.15, -0.1) is 11.3 Å². The average molecular weight is 408 g/mol. The Hall–Kier alpha value is -1.83. The molecule has 1 N–H and O–H groups in total. The Bertz CT molecular complexity index is 1040. The predicted molar refractivity (Wildman–Crippen MR) is 110 cm³/mol. The fourth-order valence-electron chi connectivity index (χ4n) is 2.62. The second-order valence-corrected chi connectivity index (χ2v) is 8.11. The molecule has 0 fully saturated rings. The maximum absolute atomic E-state index is 12.9. The van der Waals surface area contributed by atoms with Crippen molar-refractivity contribution in [1.82, 2.24) is 9.55 Å². The second kappa shape index (κ2) is 7.82. The zero-order valence-electron chi connectivity index (χ0n) is 14.6. The Morgan fingerprint density at radius 3 is 2.81 bits per heavy atom. The summed E-state index contributed by atoms with van der Waals surface area (Å²) in [5.41, 5.74) is 1.36. The van der Waals surface area contributed by atoms with Gasteiger partial charge in [0.2, 0.25) is 5.91 Å². The van der Waals surface area contributed by atoms with E-state index in [1.807, 2.05) is 26.2 Å². The van der Waals surface area contributed by atoms with Crippen LogP contribution < -0.4 is 10.9 Å². The Kier molecular flexibility index (Phi) is 5.70. The first-order valence-corrected chi connectivity index (χ1v) is 10.5. The van der Waals surface area contributed by atoms with Crippen molar-refractivity contribution in [3.63, 3.8) is 0 Å². The monoisotopic (exact) mass is 407 g/mol. The van der Waals surface area contributed by atoms with E-state index in [1.54, 1.807) is 18.2 Å². The van der Waals surface area contributed by atoms with Crippen LogP contribution in [0, 0.1) is 6.92 Å². The van der Waals surface area contributed by atoms with Gasteiger partial charge in [0.1, 0.15) is 11.4 Å². The summed E-state index contributed by atoms with van der Waals surface area (Å²) in [5.74, 6) is -0.278. The number of nitrogens with one attached hydrogen (secondary N) is 1. The first-order valence-electron chi connectivity index (χ1n) is 8.06. The molecule has 3 rings (SSSR count). The van der Waals surface area contributed by atoms with Gasteiger partial charge in [0.25, 0.3) is 5.56 Å². The van der Waals surface area contributed by atoms with E-state index in [4.69, 9.17) is 11.6 Å². The summed E-state index contributed by atoms with van der Waals surface area (Å²) in [7, 11) is 0. The van der Waals surface area contributed by atoms with Crippen molar-refractivity contribution in [3.05, 3.63) is 50.1 Å². The number of carbonyl (C=O) groups is 1. The third-order valence-corrected chi connectivity index (χ3v) is 6.05. The molecule has 0 radical (unpaired) electrons. The van der Waals surface area contributed by atoms with E-state index >= 15 is 0 Å². The summed E-state index contributed by atoms with van der Waals surface area (Å²) >= 11 is 8.82. The molecule has 5 nitrogen and oxygen atoms in total. The second-order valence-electron chi connectivity index (χ2n) is 5.78. The highest BCUT2D eigenvalue weighted by molar-refractivity contribution is 7.98. The van der Waals surface area contributed by atoms with E-state index in [1.165, 1.54) is 27.7 Å². The predicted octanol–water partition coefficient (Wildman–Crippen LogP) is 4.34. The summed E-state index contributed by atoms with van der Waals surface area (Å²) in [4.78, 5) is 31.7. The van der Waals surface area contributed by atoms with Gasteiger partial charge in [0.05, 0.1) is 5.39 Å². The highest BCUT2D eigenvalue weighted by Crippen LogP contribution is 2.24. The van der Waals surface area contributed by atoms with Gasteiger partial charge in [0.15, 0.2) is 5.16 Å². The maximum Gasteiger partial charge on any atom is 0.263 e. The van der Waals surface area contributed by atoms with Crippen molar-refractivity contribution in [3.8, 4) is 0 Å². The van der Waals surface area contributed by atoms with Crippen LogP contribution in [0.1, 0.15) is 17.4 Å². The molecule has 1 aromatic carbocycles. The molecule has 3 aromatic rings. The number of rotatable bonds is 5. The quantitative estimate of drug-likeness (QED) is 0.504. The number of aromatic nitrogens is 2. The molecule has 0 atom stereocenters. The summed E-state index contributed by atoms with van der Waals surface area (Å²) < 4.78 is 1.43. The van der Waals surface area contributed by atoms with Gasteiger partial charge in [-0.05, 0) is 49.4 Å². The van der Waals surface area contributed by atoms with Gasteiger partial charge in [0, 0.05) is 15.6 Å². The number of thioether (sulfide) groups is 1. The fraction of sp³-hybridized carbons (Fsp3) is 0.278. The lowest BCUT2D eigenvalue weighted by Gasteiger charge is -2.12. The van der Waals surface area contributed by atoms with Crippen LogP contribution in [0.3, 0.4) is 0 Å². The number of fused-ring (bicyclic) bond motifs is 1. The summed E-state index contributed by atoms with van der Waals surface area (Å²) in [5, 5.41) is 4.56. The van der Waals surface area contributed by atoms with Crippen LogP contribution in [0.2, 0.25) is 5.02 Å². The fourth-order valence-corrected chi connectivity index (χ4v) is 4.41. The number of aryl methyl sites for hydroxylation is 2. The number of anilines is 1. The van der Waals surface area contributed by atoms with Crippen LogP contribution in [0.4, 0.5) is 5.69 Å². The van der Waals surface area contributed by atoms with Crippen molar-refractivity contribution in [1.29, 1.82) is 0 Å². The lowest BCUT2D eigenvalue weighted by atomic mass is 10.2. The number of carbonyl (C=O) groups excluding carboxylic acids is 1. The van der Waals surface area contributed by atoms with Crippen molar-refractivity contribution in [2.75, 3.05) is 11.6 Å². The molecule has 2 heterocycles. The van der Waals surface area contributed by atoms with Crippen LogP contribution in [-0.2, 0) is 17.8 Å². The van der Waals surface area contributed by atoms with Crippen molar-refractivity contribution < 1.29 is 4.79 Å². The van der Waals surface area contributed by atoms with Crippen molar-refractivity contribution in [2.45, 2.75) is 32.0 Å². The van der Waals surface area contributed by atoms with E-state index in [0.717, 1.165) is 21.7 Å². The molecule has 1 amide bonds. The minimum absolute atomic E-state index is 0.0860. The van der Waals surface area contributed by atoms with E-state index < -0.39 is 0 Å². The molecule has 8 heteroatoms. The Morgan fingerprint density at radius 2 is 2.15 bits per heavy atom. The van der Waals surface area contributed by atoms with Crippen LogP contribution in [0.5, 0.6) is 0 Å². The molecule has 0 spiro atoms. The molecule has 0 aliphatic carbocycles. The zero-order valence-corrected chi connectivity index (χ0v) is 17.0. The van der Waals surface area contributed by atoms with Gasteiger partial charge < -0.3 is 5.32 Å². The standard InChI is InChI=1S/C18H18ClN3O2S2/c1-4-12-8-13-16(26-12)21-18(25-3)22(17(13)24)9-15(23)20-14-6-5-11(19)7-10(14)2/h5-8H,4,9H2,1-3H3,(H,20,23). The zero-order chi connectivity index (χ0) is 18.8. The number of thiophene rings is 1. The Morgan fingerprint density at radius 1 is 1.38 bits per heavy atom. The third-order valence-electron chi connectivity index (χ3n) is 3.96. The van der Waals surface area contributed by atoms with E-state index in [-0.39, 0.29) is 18.0 Å². The Labute approximate surface area is 164 Å². The number of hydrogen-bond acceptors (Lipinski definition) is 5. The lowest BCUT2D eigenvalue weighted by Crippen LogP contribution is -2.29. The SMILES string of the molecule is CCc1cc2c(=O)n(CC(=O)Nc3ccc(Cl)cc3C)c(SC)nc2s1. The van der Waals surface area contributed by atoms with Gasteiger partial charge in [-0.3, -0.25) is 14.2 Å². The van der Waals surface area contributed by atoms with Crippen LogP contribution in [0.15, 0.2) is 34.2 Å². The van der Waals surface area contributed by atoms with E-state index in [9.17, 15) is 9.59 Å². The van der Waals surface area contributed by atoms with Gasteiger partial charge in [-0.2, -0.15) is 0 Å². The number of benzene rings is 1. The molecule has 0 aliphatic heterocycles. The molecule has 0 aliphatic rings. The van der Waals surface area contributed by atoms with Crippen LogP contribution in [-0.4, -0.2) is 21.7 Å². The van der Waals surface area contributed by atoms with Gasteiger partial charge in [-0.1, -0.05) is 30.3 Å². The molecule has 26 heavy (non-hydrogen) atoms. The van der Waals surface area contributed by atoms with E-state index in [2.05, 4.69) is 10.3 Å². The first-order chi connectivity index (χ1) is 12.4. The maximum atomic E-state index is 12.9. The molecule has 0 bridgehead atoms. The number of nitrogens with zero attached hydrogens (tertiary/aromatic N) is 2. The minimum Gasteiger partial charge on any atom is -0.324 e. The van der Waals surface area contributed by atoms with Crippen LogP contribution in [0.25, 0.3) is 10.2 Å². The number of halogens is 1. The summed E-state index contributed by atoms with van der Waals surface area (Å²) in [6.07, 6.45) is 2.70. The van der Waals surface area contributed by atoms with Gasteiger partial charge >= 0.3 is 0 Å². The molecular weight excluding hydrogens is 390 g/mol. The number of hydrogen-bond donors (Lipinski definition) is 1. The topological polar surface area (TPSA) is 64.0 Å². The van der Waals surface area contributed by atoms with Gasteiger partial charge in [-0.25, -0.2) is 4.98 Å². The summed E-state index contributed by atoms with van der Waals surface area (Å²) in [6.45, 7) is 3.82. The highest BCUT2D eigenvalue weighted by Gasteiger charge is 2.16. The van der Waals surface area contributed by atoms with Crippen molar-refractivity contribution in [2.24, 2.45) is 0 Å². The molecule has 136 valence electrons. The largest absolute Gasteiger partial charge is 0.324 e. The van der Waals surface area contributed by atoms with Crippen molar-refractivity contribution >= 4 is 56.5 Å². The smallest absolute Gasteiger partial charge is 0.263 e. The average Bonchev–Trinajstić information content (AvgIpc) is 3.03. The van der Waals surface area contributed by atoms with Crippen LogP contribution >= 0.6 is 34.7 Å². The normalized spacial score (nSPS) is 11.1. The lowest BCUT2D eigenvalue weighted by molar-refractivity contribution is -0.116. The number of amides is 1. The Balaban J connectivity index is 1.93. The third kappa shape index (κ3) is 3.79. The highest BCUT2D eigenvalue weighted by atomic mass is 35.5. The molecule has 2 aromatic heterocycles. The first kappa shape index (κ1) is 18.9. The minimum atomic E-state index is -0.278. The molecule has 0 unspecified atom stereocenters. The molecule has 0 saturated heterocycles.